The van der Waals surface area contributed by atoms with Crippen LogP contribution in [0.2, 0.25) is 13.1 Å². The molecule has 4 aromatic rings. The summed E-state index contributed by atoms with van der Waals surface area (Å²) in [6, 6.07) is 24.8. The van der Waals surface area contributed by atoms with E-state index >= 15 is 0 Å². The van der Waals surface area contributed by atoms with Crippen molar-refractivity contribution in [3.8, 4) is 11.1 Å². The SMILES string of the molecule is CCc1cc2c(-c3cccc4ccccc34)cc(C(C)C)cc2[cH-]1.C[Si](C)=[Zr+2].[Cl-].[Cl-]. The molecular formula is C26H29Cl2SiZr-. The van der Waals surface area contributed by atoms with Crippen molar-refractivity contribution >= 4 is 27.0 Å². The molecule has 0 spiro atoms. The largest absolute Gasteiger partial charge is 1.00 e. The Labute approximate surface area is 209 Å². The summed E-state index contributed by atoms with van der Waals surface area (Å²) in [7, 11) is 0. The van der Waals surface area contributed by atoms with Crippen LogP contribution in [-0.4, -0.2) is 5.43 Å². The third-order valence-corrected chi connectivity index (χ3v) is 5.06. The van der Waals surface area contributed by atoms with Crippen molar-refractivity contribution in [2.24, 2.45) is 0 Å². The summed E-state index contributed by atoms with van der Waals surface area (Å²) in [6.07, 6.45) is 1.08. The smallest absolute Gasteiger partial charge is 1.00 e. The molecular weight excluding hydrogens is 503 g/mol. The number of rotatable bonds is 3. The van der Waals surface area contributed by atoms with E-state index in [0.29, 0.717) is 5.92 Å². The van der Waals surface area contributed by atoms with E-state index in [4.69, 9.17) is 0 Å². The summed E-state index contributed by atoms with van der Waals surface area (Å²) in [4.78, 5) is 0. The van der Waals surface area contributed by atoms with Crippen LogP contribution in [0.4, 0.5) is 0 Å². The number of aryl methyl sites for hydroxylation is 1. The van der Waals surface area contributed by atoms with Crippen molar-refractivity contribution in [2.45, 2.75) is 46.2 Å². The van der Waals surface area contributed by atoms with Crippen molar-refractivity contribution in [1.29, 1.82) is 0 Å². The Bertz CT molecular complexity index is 1120. The normalized spacial score (nSPS) is 10.3. The van der Waals surface area contributed by atoms with Crippen LogP contribution in [0.25, 0.3) is 32.7 Å². The van der Waals surface area contributed by atoms with Gasteiger partial charge in [0, 0.05) is 0 Å². The van der Waals surface area contributed by atoms with Crippen LogP contribution in [0.15, 0.2) is 66.7 Å². The van der Waals surface area contributed by atoms with Crippen molar-refractivity contribution in [1.82, 2.24) is 0 Å². The average Bonchev–Trinajstić information content (AvgIpc) is 3.09. The van der Waals surface area contributed by atoms with Crippen molar-refractivity contribution in [3.63, 3.8) is 0 Å². The molecule has 0 aliphatic rings. The minimum absolute atomic E-state index is 0. The van der Waals surface area contributed by atoms with Gasteiger partial charge in [-0.15, -0.1) is 28.5 Å². The molecule has 0 nitrogen and oxygen atoms in total. The van der Waals surface area contributed by atoms with Crippen LogP contribution in [0.3, 0.4) is 0 Å². The summed E-state index contributed by atoms with van der Waals surface area (Å²) in [6.45, 7) is 11.4. The Morgan fingerprint density at radius 3 is 2.13 bits per heavy atom. The minimum atomic E-state index is 0. The first-order valence-corrected chi connectivity index (χ1v) is 16.3. The third kappa shape index (κ3) is 6.36. The summed E-state index contributed by atoms with van der Waals surface area (Å²) in [5, 5.41) is 5.40. The topological polar surface area (TPSA) is 0 Å². The predicted molar refractivity (Wildman–Crippen MR) is 123 cm³/mol. The number of halogens is 2. The molecule has 4 rings (SSSR count). The van der Waals surface area contributed by atoms with E-state index in [1.165, 1.54) is 43.8 Å². The second-order valence-electron chi connectivity index (χ2n) is 7.97. The van der Waals surface area contributed by atoms with Gasteiger partial charge in [-0.25, -0.2) is 0 Å². The molecule has 0 amide bonds. The Morgan fingerprint density at radius 1 is 0.867 bits per heavy atom. The molecule has 0 bridgehead atoms. The average molecular weight is 532 g/mol. The number of hydrogen-bond acceptors (Lipinski definition) is 0. The maximum absolute atomic E-state index is 2.40. The van der Waals surface area contributed by atoms with Crippen molar-refractivity contribution < 1.29 is 48.1 Å². The molecule has 0 saturated carbocycles. The number of benzene rings is 3. The molecule has 0 aliphatic carbocycles. The zero-order valence-corrected chi connectivity index (χ0v) is 23.4. The fourth-order valence-electron chi connectivity index (χ4n) is 3.63. The number of hydrogen-bond donors (Lipinski definition) is 0. The molecule has 0 aliphatic heterocycles. The van der Waals surface area contributed by atoms with Crippen LogP contribution in [0, 0.1) is 0 Å². The predicted octanol–water partition coefficient (Wildman–Crippen LogP) is 1.86. The minimum Gasteiger partial charge on any atom is -1.00 e. The molecule has 4 heteroatoms. The van der Waals surface area contributed by atoms with E-state index in [1.807, 2.05) is 0 Å². The second-order valence-corrected chi connectivity index (χ2v) is 17.3. The summed E-state index contributed by atoms with van der Waals surface area (Å²) >= 11 is 1.74. The quantitative estimate of drug-likeness (QED) is 0.280. The van der Waals surface area contributed by atoms with E-state index in [2.05, 4.69) is 101 Å². The fourth-order valence-corrected chi connectivity index (χ4v) is 3.63. The fraction of sp³-hybridized carbons (Fsp3) is 0.269. The Kier molecular flexibility index (Phi) is 11.2. The van der Waals surface area contributed by atoms with Crippen LogP contribution in [-0.2, 0) is 29.8 Å². The summed E-state index contributed by atoms with van der Waals surface area (Å²) < 4.78 is 0. The molecule has 0 N–H and O–H groups in total. The maximum Gasteiger partial charge on any atom is -1.00 e. The first-order chi connectivity index (χ1) is 13.4. The second kappa shape index (κ2) is 12.3. The zero-order valence-electron chi connectivity index (χ0n) is 18.4. The van der Waals surface area contributed by atoms with E-state index in [1.54, 1.807) is 23.3 Å². The van der Waals surface area contributed by atoms with Gasteiger partial charge in [0.1, 0.15) is 0 Å². The van der Waals surface area contributed by atoms with Gasteiger partial charge >= 0.3 is 41.9 Å². The first-order valence-electron chi connectivity index (χ1n) is 10.1. The molecule has 0 radical (unpaired) electrons. The molecule has 30 heavy (non-hydrogen) atoms. The van der Waals surface area contributed by atoms with Crippen LogP contribution in [0.5, 0.6) is 0 Å². The van der Waals surface area contributed by atoms with Gasteiger partial charge in [-0.3, -0.25) is 0 Å². The zero-order chi connectivity index (χ0) is 20.3. The van der Waals surface area contributed by atoms with E-state index in [0.717, 1.165) is 6.42 Å². The molecule has 0 saturated heterocycles. The maximum atomic E-state index is 2.40. The molecule has 0 aromatic heterocycles. The van der Waals surface area contributed by atoms with E-state index < -0.39 is 0 Å². The third-order valence-electron chi connectivity index (χ3n) is 5.06. The molecule has 0 unspecified atom stereocenters. The van der Waals surface area contributed by atoms with Crippen LogP contribution < -0.4 is 24.8 Å². The first kappa shape index (κ1) is 27.2. The summed E-state index contributed by atoms with van der Waals surface area (Å²) in [5.74, 6) is 0.531. The van der Waals surface area contributed by atoms with E-state index in [-0.39, 0.29) is 30.2 Å². The molecule has 0 fully saturated rings. The van der Waals surface area contributed by atoms with Gasteiger partial charge in [-0.1, -0.05) is 80.4 Å². The molecule has 0 atom stereocenters. The Morgan fingerprint density at radius 2 is 1.50 bits per heavy atom. The molecule has 0 heterocycles. The van der Waals surface area contributed by atoms with E-state index in [9.17, 15) is 0 Å². The van der Waals surface area contributed by atoms with Gasteiger partial charge in [-0.05, 0) is 28.7 Å². The molecule has 156 valence electrons. The van der Waals surface area contributed by atoms with Crippen LogP contribution >= 0.6 is 0 Å². The van der Waals surface area contributed by atoms with Gasteiger partial charge in [0.05, 0.1) is 0 Å². The van der Waals surface area contributed by atoms with Crippen LogP contribution in [0.1, 0.15) is 37.8 Å². The van der Waals surface area contributed by atoms with Gasteiger partial charge < -0.3 is 24.8 Å². The molecule has 4 aromatic carbocycles. The van der Waals surface area contributed by atoms with Gasteiger partial charge in [-0.2, -0.15) is 6.07 Å². The van der Waals surface area contributed by atoms with Gasteiger partial charge in [0.2, 0.25) is 0 Å². The summed E-state index contributed by atoms with van der Waals surface area (Å²) in [5.41, 5.74) is 5.76. The van der Waals surface area contributed by atoms with Crippen molar-refractivity contribution in [2.75, 3.05) is 0 Å². The Balaban J connectivity index is 0.000000692. The van der Waals surface area contributed by atoms with Gasteiger partial charge in [0.15, 0.2) is 0 Å². The van der Waals surface area contributed by atoms with Crippen molar-refractivity contribution in [3.05, 3.63) is 77.9 Å². The standard InChI is InChI=1S/C24H23.C2H6Si.2ClH.Zr/c1-4-17-12-20-14-19(16(2)3)15-24(23(20)13-17)22-11-7-9-18-8-5-6-10-21(18)22;1-3-2;;;/h5-16H,4H2,1-3H3;1-2H3;2*1H;/q-1;;;;+2/p-2. The van der Waals surface area contributed by atoms with Gasteiger partial charge in [0.25, 0.3) is 0 Å². The Hall–Kier alpha value is -0.790. The number of fused-ring (bicyclic) bond motifs is 2. The monoisotopic (exact) mass is 529 g/mol.